The molecule has 0 saturated carbocycles. The van der Waals surface area contributed by atoms with Gasteiger partial charge in [0.25, 0.3) is 7.41 Å². The molecule has 3 nitrogen and oxygen atoms in total. The summed E-state index contributed by atoms with van der Waals surface area (Å²) >= 11 is 0. The first-order chi connectivity index (χ1) is 12.0. The summed E-state index contributed by atoms with van der Waals surface area (Å²) in [6.07, 6.45) is 0.930. The van der Waals surface area contributed by atoms with Crippen LogP contribution in [0, 0.1) is 5.92 Å². The van der Waals surface area contributed by atoms with Crippen LogP contribution in [-0.2, 0) is 14.6 Å². The fourth-order valence-corrected chi connectivity index (χ4v) is 5.61. The van der Waals surface area contributed by atoms with E-state index in [0.717, 1.165) is 12.7 Å². The van der Waals surface area contributed by atoms with Gasteiger partial charge in [-0.15, -0.1) is 0 Å². The lowest BCUT2D eigenvalue weighted by Crippen LogP contribution is -2.46. The minimum atomic E-state index is -1.83. The largest absolute Gasteiger partial charge is 0.415 e. The number of fused-ring (bicyclic) bond motifs is 3. The van der Waals surface area contributed by atoms with E-state index in [2.05, 4.69) is 76.8 Å². The molecule has 1 aliphatic heterocycles. The van der Waals surface area contributed by atoms with Crippen molar-refractivity contribution in [1.82, 2.24) is 4.81 Å². The van der Waals surface area contributed by atoms with E-state index in [1.165, 1.54) is 11.1 Å². The number of benzene rings is 1. The normalized spacial score (nSPS) is 27.9. The number of hydrogen-bond acceptors (Lipinski definition) is 3. The van der Waals surface area contributed by atoms with E-state index in [9.17, 15) is 4.79 Å². The third-order valence-corrected chi connectivity index (χ3v) is 11.8. The lowest BCUT2D eigenvalue weighted by molar-refractivity contribution is 0.207. The third-order valence-electron chi connectivity index (χ3n) is 7.30. The zero-order chi connectivity index (χ0) is 19.3. The zero-order valence-corrected chi connectivity index (χ0v) is 18.4. The molecule has 1 aromatic rings. The highest BCUT2D eigenvalue weighted by Crippen LogP contribution is 2.56. The summed E-state index contributed by atoms with van der Waals surface area (Å²) in [4.78, 5) is 13.5. The Morgan fingerprint density at radius 3 is 2.58 bits per heavy atom. The van der Waals surface area contributed by atoms with Crippen LogP contribution in [0.2, 0.25) is 18.1 Å². The molecule has 1 fully saturated rings. The maximum absolute atomic E-state index is 11.3. The zero-order valence-electron chi connectivity index (χ0n) is 17.4. The van der Waals surface area contributed by atoms with Gasteiger partial charge in [0.15, 0.2) is 8.32 Å². The average molecular weight is 370 g/mol. The topological polar surface area (TPSA) is 29.5 Å². The molecule has 5 heteroatoms. The van der Waals surface area contributed by atoms with E-state index >= 15 is 0 Å². The van der Waals surface area contributed by atoms with Crippen LogP contribution in [0.1, 0.15) is 51.7 Å². The highest BCUT2D eigenvalue weighted by Gasteiger charge is 2.55. The van der Waals surface area contributed by atoms with Crippen LogP contribution >= 0.6 is 0 Å². The third kappa shape index (κ3) is 3.12. The molecule has 0 N–H and O–H groups in total. The number of carbonyl (C=O) groups is 1. The van der Waals surface area contributed by atoms with Crippen molar-refractivity contribution in [2.75, 3.05) is 13.2 Å². The minimum Gasteiger partial charge on any atom is -0.415 e. The number of hydrogen-bond donors (Lipinski definition) is 0. The lowest BCUT2D eigenvalue weighted by atomic mass is 9.76. The molecule has 2 unspecified atom stereocenters. The molecule has 1 heterocycles. The molecule has 3 atom stereocenters. The van der Waals surface area contributed by atoms with E-state index in [4.69, 9.17) is 4.43 Å². The Hall–Kier alpha value is -0.908. The summed E-state index contributed by atoms with van der Waals surface area (Å²) in [5.41, 5.74) is 3.05. The maximum Gasteiger partial charge on any atom is 0.293 e. The average Bonchev–Trinajstić information content (AvgIpc) is 3.00. The Balaban J connectivity index is 1.91. The van der Waals surface area contributed by atoms with Crippen molar-refractivity contribution in [3.8, 4) is 0 Å². The molecule has 1 radical (unpaired) electrons. The summed E-state index contributed by atoms with van der Waals surface area (Å²) in [7, 11) is -0.0923. The molecule has 2 aliphatic rings. The monoisotopic (exact) mass is 370 g/mol. The predicted octanol–water partition coefficient (Wildman–Crippen LogP) is 4.19. The molecule has 1 saturated heterocycles. The molecule has 0 bridgehead atoms. The molecule has 0 amide bonds. The summed E-state index contributed by atoms with van der Waals surface area (Å²) < 4.78 is 6.61. The van der Waals surface area contributed by atoms with Crippen LogP contribution in [0.4, 0.5) is 0 Å². The van der Waals surface area contributed by atoms with Crippen molar-refractivity contribution in [1.29, 1.82) is 0 Å². The van der Waals surface area contributed by atoms with Gasteiger partial charge >= 0.3 is 0 Å². The second-order valence-electron chi connectivity index (χ2n) is 10.1. The van der Waals surface area contributed by atoms with E-state index in [1.807, 2.05) is 0 Å². The van der Waals surface area contributed by atoms with Crippen molar-refractivity contribution < 1.29 is 9.22 Å². The summed E-state index contributed by atoms with van der Waals surface area (Å²) in [5, 5.41) is 0.192. The lowest BCUT2D eigenvalue weighted by Gasteiger charge is -2.38. The van der Waals surface area contributed by atoms with Crippen LogP contribution < -0.4 is 0 Å². The first kappa shape index (κ1) is 19.8. The minimum absolute atomic E-state index is 0.127. The van der Waals surface area contributed by atoms with Gasteiger partial charge in [0.05, 0.1) is 6.19 Å². The Morgan fingerprint density at radius 2 is 1.96 bits per heavy atom. The Morgan fingerprint density at radius 1 is 1.31 bits per heavy atom. The van der Waals surface area contributed by atoms with Crippen molar-refractivity contribution in [3.05, 3.63) is 35.4 Å². The van der Waals surface area contributed by atoms with Crippen LogP contribution in [0.5, 0.6) is 0 Å². The van der Waals surface area contributed by atoms with Crippen molar-refractivity contribution in [3.63, 3.8) is 0 Å². The first-order valence-electron chi connectivity index (χ1n) is 9.78. The number of rotatable bonds is 5. The Bertz CT molecular complexity index is 683. The van der Waals surface area contributed by atoms with Crippen molar-refractivity contribution in [2.45, 2.75) is 70.1 Å². The molecule has 1 aliphatic carbocycles. The number of carbonyl (C=O) groups excluding carboxylic acids is 1. The van der Waals surface area contributed by atoms with Crippen LogP contribution in [0.25, 0.3) is 0 Å². The Labute approximate surface area is 160 Å². The van der Waals surface area contributed by atoms with E-state index in [0.29, 0.717) is 18.4 Å². The van der Waals surface area contributed by atoms with Gasteiger partial charge in [-0.2, -0.15) is 0 Å². The highest BCUT2D eigenvalue weighted by atomic mass is 28.4. The quantitative estimate of drug-likeness (QED) is 0.575. The fraction of sp³-hybridized carbons (Fsp3) is 0.667. The second kappa shape index (κ2) is 6.61. The van der Waals surface area contributed by atoms with Gasteiger partial charge in [0, 0.05) is 18.6 Å². The summed E-state index contributed by atoms with van der Waals surface area (Å²) in [5.74, 6) is 0.950. The van der Waals surface area contributed by atoms with Crippen LogP contribution in [0.15, 0.2) is 24.3 Å². The van der Waals surface area contributed by atoms with Gasteiger partial charge in [-0.05, 0) is 47.1 Å². The molecule has 26 heavy (non-hydrogen) atoms. The molecule has 0 aromatic heterocycles. The van der Waals surface area contributed by atoms with Crippen LogP contribution in [0.3, 0.4) is 0 Å². The second-order valence-corrected chi connectivity index (χ2v) is 14.9. The summed E-state index contributed by atoms with van der Waals surface area (Å²) in [6, 6.07) is 9.11. The van der Waals surface area contributed by atoms with Gasteiger partial charge in [0.2, 0.25) is 0 Å². The van der Waals surface area contributed by atoms with E-state index in [1.54, 1.807) is 7.41 Å². The molecular weight excluding hydrogens is 337 g/mol. The highest BCUT2D eigenvalue weighted by molar-refractivity contribution is 6.74. The van der Waals surface area contributed by atoms with Crippen LogP contribution in [-0.4, -0.2) is 45.9 Å². The number of nitrogens with zero attached hydrogens (tertiary/aromatic N) is 1. The smallest absolute Gasteiger partial charge is 0.293 e. The first-order valence-corrected chi connectivity index (χ1v) is 12.7. The standard InChI is InChI=1S/C21H33BNO2Si/c1-20(2,3)26(6,7)25-13-18-19-15-10-8-9-11-16(15)21(4,5)17(19)12-23(18)22-14-24/h8-11,14,17-19H,12-13H2,1-7H3/t17?,18-,19?/m1/s1. The SMILES string of the molecule is CC1(C)c2ccccc2C2C1CN([B]C=O)[C@@H]2CO[Si](C)(C)C(C)(C)C. The molecule has 0 spiro atoms. The van der Waals surface area contributed by atoms with Gasteiger partial charge in [0.1, 0.15) is 0 Å². The molecule has 1 aromatic carbocycles. The van der Waals surface area contributed by atoms with E-state index < -0.39 is 8.32 Å². The van der Waals surface area contributed by atoms with Crippen molar-refractivity contribution in [2.24, 2.45) is 5.92 Å². The Kier molecular flexibility index (Phi) is 5.04. The van der Waals surface area contributed by atoms with Gasteiger partial charge in [-0.1, -0.05) is 58.9 Å². The predicted molar refractivity (Wildman–Crippen MR) is 112 cm³/mol. The van der Waals surface area contributed by atoms with Crippen molar-refractivity contribution >= 4 is 21.9 Å². The molecule has 3 rings (SSSR count). The molecule has 141 valence electrons. The molecular formula is C21H33BNO2Si. The maximum atomic E-state index is 11.3. The fourth-order valence-electron chi connectivity index (χ4n) is 4.59. The summed E-state index contributed by atoms with van der Waals surface area (Å²) in [6.45, 7) is 17.8. The van der Waals surface area contributed by atoms with Gasteiger partial charge < -0.3 is 14.0 Å². The van der Waals surface area contributed by atoms with E-state index in [-0.39, 0.29) is 16.5 Å². The van der Waals surface area contributed by atoms with Gasteiger partial charge in [-0.25, -0.2) is 0 Å². The van der Waals surface area contributed by atoms with Gasteiger partial charge in [-0.3, -0.25) is 0 Å².